The Morgan fingerprint density at radius 3 is 2.54 bits per heavy atom. The van der Waals surface area contributed by atoms with Gasteiger partial charge in [0.25, 0.3) is 5.91 Å². The number of nitrogens with zero attached hydrogens (tertiary/aromatic N) is 2. The SMILES string of the molecule is COc1ccc(-c2csc(NC(=O)COC(=O)c3ccccc3-c3nc4ccccc4o3)n2)cc1. The van der Waals surface area contributed by atoms with Gasteiger partial charge in [0.05, 0.1) is 23.9 Å². The van der Waals surface area contributed by atoms with Crippen LogP contribution in [0.1, 0.15) is 10.4 Å². The van der Waals surface area contributed by atoms with E-state index in [4.69, 9.17) is 13.9 Å². The molecule has 5 rings (SSSR count). The molecule has 0 fully saturated rings. The predicted octanol–water partition coefficient (Wildman–Crippen LogP) is 5.42. The van der Waals surface area contributed by atoms with Crippen molar-refractivity contribution in [3.05, 3.63) is 83.7 Å². The number of para-hydroxylation sites is 2. The van der Waals surface area contributed by atoms with Crippen molar-refractivity contribution >= 4 is 39.4 Å². The Kier molecular flexibility index (Phi) is 6.23. The number of rotatable bonds is 7. The van der Waals surface area contributed by atoms with Crippen molar-refractivity contribution in [2.45, 2.75) is 0 Å². The molecule has 0 radical (unpaired) electrons. The van der Waals surface area contributed by atoms with Crippen molar-refractivity contribution in [2.75, 3.05) is 19.0 Å². The van der Waals surface area contributed by atoms with Gasteiger partial charge in [0, 0.05) is 10.9 Å². The molecule has 0 saturated heterocycles. The maximum atomic E-state index is 12.8. The van der Waals surface area contributed by atoms with Crippen LogP contribution in [0.15, 0.2) is 82.6 Å². The lowest BCUT2D eigenvalue weighted by Crippen LogP contribution is -2.21. The minimum atomic E-state index is -0.656. The second-order valence-corrected chi connectivity index (χ2v) is 8.28. The highest BCUT2D eigenvalue weighted by molar-refractivity contribution is 7.14. The molecule has 35 heavy (non-hydrogen) atoms. The fourth-order valence-electron chi connectivity index (χ4n) is 3.42. The van der Waals surface area contributed by atoms with E-state index < -0.39 is 18.5 Å². The number of hydrogen-bond acceptors (Lipinski definition) is 8. The molecule has 1 amide bonds. The summed E-state index contributed by atoms with van der Waals surface area (Å²) in [7, 11) is 1.60. The van der Waals surface area contributed by atoms with E-state index in [9.17, 15) is 9.59 Å². The summed E-state index contributed by atoms with van der Waals surface area (Å²) in [6.45, 7) is -0.460. The van der Waals surface area contributed by atoms with Crippen LogP contribution >= 0.6 is 11.3 Å². The summed E-state index contributed by atoms with van der Waals surface area (Å²) in [5, 5.41) is 4.90. The molecule has 3 aromatic carbocycles. The third kappa shape index (κ3) is 4.90. The van der Waals surface area contributed by atoms with Crippen LogP contribution in [-0.2, 0) is 9.53 Å². The van der Waals surface area contributed by atoms with Gasteiger partial charge in [-0.2, -0.15) is 0 Å². The summed E-state index contributed by atoms with van der Waals surface area (Å²) in [4.78, 5) is 34.0. The lowest BCUT2D eigenvalue weighted by molar-refractivity contribution is -0.119. The number of anilines is 1. The number of benzene rings is 3. The van der Waals surface area contributed by atoms with E-state index in [1.54, 1.807) is 37.4 Å². The Morgan fingerprint density at radius 1 is 0.971 bits per heavy atom. The highest BCUT2D eigenvalue weighted by Crippen LogP contribution is 2.28. The fourth-order valence-corrected chi connectivity index (χ4v) is 4.16. The smallest absolute Gasteiger partial charge is 0.339 e. The molecule has 0 bridgehead atoms. The Hall–Kier alpha value is -4.50. The number of thiazole rings is 1. The Bertz CT molecular complexity index is 1470. The number of fused-ring (bicyclic) bond motifs is 1. The highest BCUT2D eigenvalue weighted by Gasteiger charge is 2.19. The van der Waals surface area contributed by atoms with E-state index >= 15 is 0 Å². The second kappa shape index (κ2) is 9.78. The van der Waals surface area contributed by atoms with Crippen LogP contribution in [0, 0.1) is 0 Å². The summed E-state index contributed by atoms with van der Waals surface area (Å²) in [5.74, 6) is -0.0987. The average Bonchev–Trinajstić information content (AvgIpc) is 3.54. The van der Waals surface area contributed by atoms with Crippen LogP contribution < -0.4 is 10.1 Å². The molecule has 1 N–H and O–H groups in total. The Morgan fingerprint density at radius 2 is 1.74 bits per heavy atom. The predicted molar refractivity (Wildman–Crippen MR) is 132 cm³/mol. The normalized spacial score (nSPS) is 10.8. The first-order chi connectivity index (χ1) is 17.1. The minimum Gasteiger partial charge on any atom is -0.497 e. The second-order valence-electron chi connectivity index (χ2n) is 7.42. The summed E-state index contributed by atoms with van der Waals surface area (Å²) in [6.07, 6.45) is 0. The van der Waals surface area contributed by atoms with Gasteiger partial charge in [-0.15, -0.1) is 11.3 Å². The molecular weight excluding hydrogens is 466 g/mol. The number of carbonyl (C=O) groups excluding carboxylic acids is 2. The van der Waals surface area contributed by atoms with Gasteiger partial charge in [-0.05, 0) is 48.5 Å². The number of esters is 1. The maximum absolute atomic E-state index is 12.8. The first-order valence-electron chi connectivity index (χ1n) is 10.6. The molecule has 0 spiro atoms. The summed E-state index contributed by atoms with van der Waals surface area (Å²) >= 11 is 1.28. The van der Waals surface area contributed by atoms with Crippen molar-refractivity contribution in [3.63, 3.8) is 0 Å². The van der Waals surface area contributed by atoms with E-state index in [1.165, 1.54) is 11.3 Å². The lowest BCUT2D eigenvalue weighted by atomic mass is 10.1. The number of carbonyl (C=O) groups is 2. The zero-order chi connectivity index (χ0) is 24.2. The molecule has 5 aromatic rings. The molecule has 0 unspecified atom stereocenters. The summed E-state index contributed by atoms with van der Waals surface area (Å²) in [6, 6.07) is 21.6. The number of ether oxygens (including phenoxy) is 2. The Labute approximate surface area is 204 Å². The van der Waals surface area contributed by atoms with Gasteiger partial charge in [-0.25, -0.2) is 14.8 Å². The topological polar surface area (TPSA) is 104 Å². The van der Waals surface area contributed by atoms with E-state index in [2.05, 4.69) is 15.3 Å². The van der Waals surface area contributed by atoms with Gasteiger partial charge in [0.2, 0.25) is 5.89 Å². The van der Waals surface area contributed by atoms with Crippen LogP contribution in [0.2, 0.25) is 0 Å². The van der Waals surface area contributed by atoms with Gasteiger partial charge in [-0.3, -0.25) is 10.1 Å². The zero-order valence-corrected chi connectivity index (χ0v) is 19.4. The maximum Gasteiger partial charge on any atom is 0.339 e. The molecule has 2 aromatic heterocycles. The van der Waals surface area contributed by atoms with Crippen molar-refractivity contribution in [2.24, 2.45) is 0 Å². The van der Waals surface area contributed by atoms with Gasteiger partial charge in [0.1, 0.15) is 11.3 Å². The first kappa shape index (κ1) is 22.3. The van der Waals surface area contributed by atoms with Gasteiger partial charge in [0.15, 0.2) is 17.3 Å². The zero-order valence-electron chi connectivity index (χ0n) is 18.6. The number of aromatic nitrogens is 2. The van der Waals surface area contributed by atoms with E-state index in [1.807, 2.05) is 47.8 Å². The molecule has 174 valence electrons. The number of nitrogens with one attached hydrogen (secondary N) is 1. The monoisotopic (exact) mass is 485 g/mol. The van der Waals surface area contributed by atoms with Crippen LogP contribution in [0.4, 0.5) is 5.13 Å². The molecule has 0 atom stereocenters. The molecule has 0 saturated carbocycles. The molecule has 2 heterocycles. The van der Waals surface area contributed by atoms with Gasteiger partial charge >= 0.3 is 5.97 Å². The van der Waals surface area contributed by atoms with Crippen LogP contribution in [-0.4, -0.2) is 35.6 Å². The molecule has 0 aliphatic heterocycles. The number of methoxy groups -OCH3 is 1. The molecular formula is C26H19N3O5S. The third-order valence-corrected chi connectivity index (χ3v) is 5.90. The first-order valence-corrected chi connectivity index (χ1v) is 11.5. The van der Waals surface area contributed by atoms with Crippen LogP contribution in [0.25, 0.3) is 33.8 Å². The quantitative estimate of drug-likeness (QED) is 0.307. The number of amides is 1. The summed E-state index contributed by atoms with van der Waals surface area (Å²) in [5.41, 5.74) is 3.65. The third-order valence-electron chi connectivity index (χ3n) is 5.14. The van der Waals surface area contributed by atoms with E-state index in [0.29, 0.717) is 27.7 Å². The Balaban J connectivity index is 1.23. The molecule has 0 aliphatic rings. The van der Waals surface area contributed by atoms with Gasteiger partial charge < -0.3 is 13.9 Å². The molecule has 8 nitrogen and oxygen atoms in total. The van der Waals surface area contributed by atoms with E-state index in [-0.39, 0.29) is 5.56 Å². The number of oxazole rings is 1. The summed E-state index contributed by atoms with van der Waals surface area (Å²) < 4.78 is 16.2. The van der Waals surface area contributed by atoms with E-state index in [0.717, 1.165) is 17.0 Å². The molecule has 9 heteroatoms. The van der Waals surface area contributed by atoms with Crippen molar-refractivity contribution < 1.29 is 23.5 Å². The van der Waals surface area contributed by atoms with Crippen LogP contribution in [0.5, 0.6) is 5.75 Å². The van der Waals surface area contributed by atoms with Crippen LogP contribution in [0.3, 0.4) is 0 Å². The van der Waals surface area contributed by atoms with Crippen molar-refractivity contribution in [1.82, 2.24) is 9.97 Å². The standard InChI is InChI=1S/C26H19N3O5S/c1-32-17-12-10-16(11-13-17)21-15-35-26(28-21)29-23(30)14-33-25(31)19-7-3-2-6-18(19)24-27-20-8-4-5-9-22(20)34-24/h2-13,15H,14H2,1H3,(H,28,29,30). The van der Waals surface area contributed by atoms with Crippen molar-refractivity contribution in [1.29, 1.82) is 0 Å². The van der Waals surface area contributed by atoms with Gasteiger partial charge in [-0.1, -0.05) is 24.3 Å². The highest BCUT2D eigenvalue weighted by atomic mass is 32.1. The fraction of sp³-hybridized carbons (Fsp3) is 0.0769. The average molecular weight is 486 g/mol. The van der Waals surface area contributed by atoms with Crippen molar-refractivity contribution in [3.8, 4) is 28.5 Å². The lowest BCUT2D eigenvalue weighted by Gasteiger charge is -2.07. The number of hydrogen-bond donors (Lipinski definition) is 1. The molecule has 0 aliphatic carbocycles. The minimum absolute atomic E-state index is 0.253. The largest absolute Gasteiger partial charge is 0.497 e.